The van der Waals surface area contributed by atoms with Crippen LogP contribution >= 0.6 is 0 Å². The molecule has 2 atom stereocenters. The van der Waals surface area contributed by atoms with E-state index >= 15 is 0 Å². The molecule has 1 heterocycles. The first kappa shape index (κ1) is 19.0. The third kappa shape index (κ3) is 3.41. The molecule has 0 radical (unpaired) electrons. The van der Waals surface area contributed by atoms with E-state index in [2.05, 4.69) is 5.32 Å². The fourth-order valence-electron chi connectivity index (χ4n) is 4.51. The first-order chi connectivity index (χ1) is 13.4. The first-order valence-corrected chi connectivity index (χ1v) is 9.64. The lowest BCUT2D eigenvalue weighted by atomic mass is 9.94. The van der Waals surface area contributed by atoms with Crippen molar-refractivity contribution in [2.75, 3.05) is 20.1 Å². The number of halogens is 3. The average molecular weight is 388 g/mol. The molecule has 2 bridgehead atoms. The molecule has 3 nitrogen and oxygen atoms in total. The average Bonchev–Trinajstić information content (AvgIpc) is 2.97. The highest BCUT2D eigenvalue weighted by Gasteiger charge is 2.40. The van der Waals surface area contributed by atoms with Gasteiger partial charge in [0.05, 0.1) is 11.6 Å². The third-order valence-electron chi connectivity index (χ3n) is 5.92. The second-order valence-corrected chi connectivity index (χ2v) is 7.60. The van der Waals surface area contributed by atoms with Gasteiger partial charge in [-0.3, -0.25) is 4.79 Å². The van der Waals surface area contributed by atoms with Crippen molar-refractivity contribution < 1.29 is 18.0 Å². The minimum absolute atomic E-state index is 0.0313. The molecular weight excluding hydrogens is 365 g/mol. The number of hydrogen-bond donors (Lipinski definition) is 1. The van der Waals surface area contributed by atoms with Crippen molar-refractivity contribution in [2.45, 2.75) is 37.4 Å². The minimum Gasteiger partial charge on any atom is -0.336 e. The van der Waals surface area contributed by atoms with Crippen molar-refractivity contribution in [1.29, 1.82) is 0 Å². The third-order valence-corrected chi connectivity index (χ3v) is 5.92. The molecule has 1 saturated heterocycles. The van der Waals surface area contributed by atoms with E-state index in [1.165, 1.54) is 17.7 Å². The molecule has 1 N–H and O–H groups in total. The van der Waals surface area contributed by atoms with Crippen LogP contribution in [0.1, 0.15) is 47.9 Å². The Bertz CT molecular complexity index is 894. The number of hydrogen-bond acceptors (Lipinski definition) is 2. The molecule has 1 aliphatic carbocycles. The van der Waals surface area contributed by atoms with Gasteiger partial charge in [0, 0.05) is 19.5 Å². The summed E-state index contributed by atoms with van der Waals surface area (Å²) in [5, 5.41) is 3.01. The van der Waals surface area contributed by atoms with Crippen molar-refractivity contribution in [3.8, 4) is 11.1 Å². The number of piperidine rings is 1. The van der Waals surface area contributed by atoms with E-state index < -0.39 is 11.7 Å². The molecule has 4 rings (SSSR count). The van der Waals surface area contributed by atoms with Crippen molar-refractivity contribution in [1.82, 2.24) is 10.2 Å². The fraction of sp³-hybridized carbons (Fsp3) is 0.409. The van der Waals surface area contributed by atoms with Crippen LogP contribution in [-0.2, 0) is 11.0 Å². The van der Waals surface area contributed by atoms with Crippen LogP contribution in [0.15, 0.2) is 42.5 Å². The molecule has 2 aliphatic rings. The van der Waals surface area contributed by atoms with Crippen LogP contribution in [0.5, 0.6) is 0 Å². The molecule has 1 aliphatic heterocycles. The van der Waals surface area contributed by atoms with Gasteiger partial charge < -0.3 is 10.2 Å². The Hall–Kier alpha value is -2.34. The minimum atomic E-state index is -4.36. The number of carbonyl (C=O) groups excluding carboxylic acids is 1. The van der Waals surface area contributed by atoms with Crippen molar-refractivity contribution >= 4 is 5.91 Å². The highest BCUT2D eigenvalue weighted by atomic mass is 19.4. The second-order valence-electron chi connectivity index (χ2n) is 7.60. The zero-order valence-electron chi connectivity index (χ0n) is 15.7. The highest BCUT2D eigenvalue weighted by molar-refractivity contribution is 5.78. The van der Waals surface area contributed by atoms with E-state index in [1.807, 2.05) is 30.1 Å². The Labute approximate surface area is 162 Å². The van der Waals surface area contributed by atoms with E-state index in [0.29, 0.717) is 24.4 Å². The lowest BCUT2D eigenvalue weighted by molar-refractivity contribution is -0.137. The lowest BCUT2D eigenvalue weighted by Gasteiger charge is -2.34. The van der Waals surface area contributed by atoms with Crippen LogP contribution in [0.25, 0.3) is 11.1 Å². The quantitative estimate of drug-likeness (QED) is 0.820. The normalized spacial score (nSPS) is 20.9. The summed E-state index contributed by atoms with van der Waals surface area (Å²) in [6.07, 6.45) is -2.05. The van der Waals surface area contributed by atoms with Gasteiger partial charge in [0.25, 0.3) is 0 Å². The molecule has 0 spiro atoms. The van der Waals surface area contributed by atoms with Crippen LogP contribution in [-0.4, -0.2) is 30.9 Å². The molecule has 1 amide bonds. The Morgan fingerprint density at radius 3 is 2.68 bits per heavy atom. The predicted octanol–water partition coefficient (Wildman–Crippen LogP) is 4.74. The maximum absolute atomic E-state index is 13.1. The van der Waals surface area contributed by atoms with Crippen molar-refractivity contribution in [3.63, 3.8) is 0 Å². The number of fused-ring (bicyclic) bond motifs is 5. The van der Waals surface area contributed by atoms with Gasteiger partial charge in [-0.05, 0) is 66.3 Å². The molecule has 1 fully saturated rings. The van der Waals surface area contributed by atoms with E-state index in [9.17, 15) is 18.0 Å². The number of carbonyl (C=O) groups is 1. The molecule has 2 unspecified atom stereocenters. The van der Waals surface area contributed by atoms with E-state index in [0.717, 1.165) is 36.6 Å². The monoisotopic (exact) mass is 388 g/mol. The number of nitrogens with zero attached hydrogens (tertiary/aromatic N) is 1. The smallest absolute Gasteiger partial charge is 0.336 e. The summed E-state index contributed by atoms with van der Waals surface area (Å²) in [7, 11) is 1.83. The Balaban J connectivity index is 1.67. The topological polar surface area (TPSA) is 32.3 Å². The van der Waals surface area contributed by atoms with Gasteiger partial charge in [-0.1, -0.05) is 24.3 Å². The zero-order chi connectivity index (χ0) is 19.9. The van der Waals surface area contributed by atoms with Crippen molar-refractivity contribution in [2.24, 2.45) is 0 Å². The van der Waals surface area contributed by atoms with Gasteiger partial charge in [-0.15, -0.1) is 0 Å². The Kier molecular flexibility index (Phi) is 4.91. The maximum atomic E-state index is 13.1. The fourth-order valence-corrected chi connectivity index (χ4v) is 4.51. The summed E-state index contributed by atoms with van der Waals surface area (Å²) < 4.78 is 39.2. The highest BCUT2D eigenvalue weighted by Crippen LogP contribution is 2.50. The van der Waals surface area contributed by atoms with Gasteiger partial charge >= 0.3 is 6.18 Å². The number of benzene rings is 2. The molecule has 2 aromatic rings. The Morgan fingerprint density at radius 2 is 1.93 bits per heavy atom. The van der Waals surface area contributed by atoms with Gasteiger partial charge in [-0.2, -0.15) is 13.2 Å². The Morgan fingerprint density at radius 1 is 1.14 bits per heavy atom. The lowest BCUT2D eigenvalue weighted by Crippen LogP contribution is -2.38. The number of alkyl halides is 3. The van der Waals surface area contributed by atoms with E-state index in [1.54, 1.807) is 6.07 Å². The van der Waals surface area contributed by atoms with Crippen LogP contribution in [0.2, 0.25) is 0 Å². The molecule has 0 aromatic heterocycles. The second kappa shape index (κ2) is 7.24. The number of rotatable bonds is 4. The molecular formula is C22H23F3N2O. The SMILES string of the molecule is CNCCC(=O)N1CCC2CC1c1cc(-c3cccc(C(F)(F)F)c3)ccc12. The van der Waals surface area contributed by atoms with Gasteiger partial charge in [0.1, 0.15) is 0 Å². The predicted molar refractivity (Wildman–Crippen MR) is 102 cm³/mol. The number of amides is 1. The summed E-state index contributed by atoms with van der Waals surface area (Å²) in [6.45, 7) is 1.38. The summed E-state index contributed by atoms with van der Waals surface area (Å²) in [5.41, 5.74) is 3.00. The molecule has 6 heteroatoms. The first-order valence-electron chi connectivity index (χ1n) is 9.64. The van der Waals surface area contributed by atoms with Crippen LogP contribution in [0.4, 0.5) is 13.2 Å². The molecule has 2 aromatic carbocycles. The van der Waals surface area contributed by atoms with Gasteiger partial charge in [0.2, 0.25) is 5.91 Å². The van der Waals surface area contributed by atoms with Crippen LogP contribution in [0, 0.1) is 0 Å². The summed E-state index contributed by atoms with van der Waals surface area (Å²) >= 11 is 0. The standard InChI is InChI=1S/C22H23F3N2O/c1-26-9-7-21(28)27-10-8-16-13-20(27)19-12-15(5-6-18(16)19)14-3-2-4-17(11-14)22(23,24)25/h2-6,11-12,16,20,26H,7-10,13H2,1H3. The number of nitrogens with one attached hydrogen (secondary N) is 1. The molecule has 148 valence electrons. The van der Waals surface area contributed by atoms with Crippen molar-refractivity contribution in [3.05, 3.63) is 59.2 Å². The van der Waals surface area contributed by atoms with Gasteiger partial charge in [0.15, 0.2) is 0 Å². The van der Waals surface area contributed by atoms with E-state index in [-0.39, 0.29) is 11.9 Å². The van der Waals surface area contributed by atoms with E-state index in [4.69, 9.17) is 0 Å². The van der Waals surface area contributed by atoms with Crippen LogP contribution in [0.3, 0.4) is 0 Å². The maximum Gasteiger partial charge on any atom is 0.416 e. The van der Waals surface area contributed by atoms with Gasteiger partial charge in [-0.25, -0.2) is 0 Å². The summed E-state index contributed by atoms with van der Waals surface area (Å²) in [4.78, 5) is 14.6. The van der Waals surface area contributed by atoms with Crippen LogP contribution < -0.4 is 5.32 Å². The largest absolute Gasteiger partial charge is 0.416 e. The molecule has 0 saturated carbocycles. The zero-order valence-corrected chi connectivity index (χ0v) is 15.7. The molecule has 28 heavy (non-hydrogen) atoms. The number of likely N-dealkylation sites (tertiary alicyclic amines) is 1. The summed E-state index contributed by atoms with van der Waals surface area (Å²) in [5.74, 6) is 0.569. The summed E-state index contributed by atoms with van der Waals surface area (Å²) in [6, 6.07) is 11.4.